The summed E-state index contributed by atoms with van der Waals surface area (Å²) in [5.41, 5.74) is 2.39. The van der Waals surface area contributed by atoms with Crippen molar-refractivity contribution in [2.75, 3.05) is 0 Å². The molecular formula is C14H11FO2. The Labute approximate surface area is 98.3 Å². The predicted octanol–water partition coefficient (Wildman–Crippen LogP) is 3.50. The van der Waals surface area contributed by atoms with Gasteiger partial charge in [-0.25, -0.2) is 9.18 Å². The van der Waals surface area contributed by atoms with Crippen LogP contribution in [0.4, 0.5) is 4.39 Å². The average molecular weight is 230 g/mol. The third-order valence-corrected chi connectivity index (χ3v) is 2.48. The van der Waals surface area contributed by atoms with Crippen LogP contribution in [0, 0.1) is 12.7 Å². The molecule has 1 N–H and O–H groups in total. The van der Waals surface area contributed by atoms with Crippen molar-refractivity contribution in [3.63, 3.8) is 0 Å². The van der Waals surface area contributed by atoms with Gasteiger partial charge < -0.3 is 5.11 Å². The summed E-state index contributed by atoms with van der Waals surface area (Å²) in [6.45, 7) is 1.80. The minimum Gasteiger partial charge on any atom is -0.478 e. The Morgan fingerprint density at radius 1 is 1.12 bits per heavy atom. The molecule has 0 fully saturated rings. The highest BCUT2D eigenvalue weighted by Gasteiger charge is 2.06. The SMILES string of the molecule is Cc1cc(F)cc(-c2cccc(C(=O)O)c2)c1. The zero-order valence-electron chi connectivity index (χ0n) is 9.27. The summed E-state index contributed by atoms with van der Waals surface area (Å²) in [4.78, 5) is 10.8. The lowest BCUT2D eigenvalue weighted by atomic mass is 10.0. The number of carbonyl (C=O) groups is 1. The monoisotopic (exact) mass is 230 g/mol. The topological polar surface area (TPSA) is 37.3 Å². The summed E-state index contributed by atoms with van der Waals surface area (Å²) in [5, 5.41) is 8.89. The summed E-state index contributed by atoms with van der Waals surface area (Å²) >= 11 is 0. The van der Waals surface area contributed by atoms with Crippen LogP contribution in [-0.4, -0.2) is 11.1 Å². The van der Waals surface area contributed by atoms with Gasteiger partial charge in [0, 0.05) is 0 Å². The molecular weight excluding hydrogens is 219 g/mol. The first-order valence-corrected chi connectivity index (χ1v) is 5.17. The molecule has 86 valence electrons. The third kappa shape index (κ3) is 2.50. The highest BCUT2D eigenvalue weighted by molar-refractivity contribution is 5.89. The van der Waals surface area contributed by atoms with Gasteiger partial charge in [-0.15, -0.1) is 0 Å². The lowest BCUT2D eigenvalue weighted by Crippen LogP contribution is -1.95. The number of hydrogen-bond acceptors (Lipinski definition) is 1. The fourth-order valence-corrected chi connectivity index (χ4v) is 1.73. The first-order chi connectivity index (χ1) is 8.06. The van der Waals surface area contributed by atoms with Gasteiger partial charge in [-0.1, -0.05) is 18.2 Å². The van der Waals surface area contributed by atoms with Gasteiger partial charge in [0.15, 0.2) is 0 Å². The van der Waals surface area contributed by atoms with E-state index in [2.05, 4.69) is 0 Å². The van der Waals surface area contributed by atoms with Crippen LogP contribution in [0.15, 0.2) is 42.5 Å². The second kappa shape index (κ2) is 4.37. The number of rotatable bonds is 2. The van der Waals surface area contributed by atoms with Crippen LogP contribution in [0.5, 0.6) is 0 Å². The fourth-order valence-electron chi connectivity index (χ4n) is 1.73. The molecule has 0 atom stereocenters. The Kier molecular flexibility index (Phi) is 2.91. The van der Waals surface area contributed by atoms with E-state index >= 15 is 0 Å². The largest absolute Gasteiger partial charge is 0.478 e. The van der Waals surface area contributed by atoms with Gasteiger partial charge in [0.1, 0.15) is 5.82 Å². The Hall–Kier alpha value is -2.16. The maximum Gasteiger partial charge on any atom is 0.335 e. The van der Waals surface area contributed by atoms with Gasteiger partial charge in [0.2, 0.25) is 0 Å². The number of benzene rings is 2. The van der Waals surface area contributed by atoms with Gasteiger partial charge in [0.25, 0.3) is 0 Å². The molecule has 0 saturated heterocycles. The van der Waals surface area contributed by atoms with Crippen molar-refractivity contribution in [3.8, 4) is 11.1 Å². The van der Waals surface area contributed by atoms with Crippen molar-refractivity contribution in [1.29, 1.82) is 0 Å². The first-order valence-electron chi connectivity index (χ1n) is 5.17. The van der Waals surface area contributed by atoms with E-state index in [4.69, 9.17) is 5.11 Å². The Bertz CT molecular complexity index is 556. The van der Waals surface area contributed by atoms with Gasteiger partial charge in [-0.3, -0.25) is 0 Å². The molecule has 2 rings (SSSR count). The molecule has 0 saturated carbocycles. The molecule has 0 aliphatic heterocycles. The maximum atomic E-state index is 13.3. The molecule has 2 aromatic carbocycles. The van der Waals surface area contributed by atoms with Crippen molar-refractivity contribution in [2.24, 2.45) is 0 Å². The lowest BCUT2D eigenvalue weighted by molar-refractivity contribution is 0.0697. The van der Waals surface area contributed by atoms with Gasteiger partial charge >= 0.3 is 5.97 Å². The standard InChI is InChI=1S/C14H11FO2/c1-9-5-12(8-13(15)6-9)10-3-2-4-11(7-10)14(16)17/h2-8H,1H3,(H,16,17). The maximum absolute atomic E-state index is 13.3. The molecule has 0 aliphatic carbocycles. The summed E-state index contributed by atoms with van der Waals surface area (Å²) in [6.07, 6.45) is 0. The zero-order valence-corrected chi connectivity index (χ0v) is 9.27. The van der Waals surface area contributed by atoms with Crippen LogP contribution < -0.4 is 0 Å². The molecule has 0 aromatic heterocycles. The number of aryl methyl sites for hydroxylation is 1. The highest BCUT2D eigenvalue weighted by atomic mass is 19.1. The molecule has 0 heterocycles. The molecule has 2 aromatic rings. The number of aromatic carboxylic acids is 1. The number of halogens is 1. The van der Waals surface area contributed by atoms with E-state index in [1.807, 2.05) is 6.07 Å². The minimum absolute atomic E-state index is 0.199. The second-order valence-electron chi connectivity index (χ2n) is 3.90. The van der Waals surface area contributed by atoms with Gasteiger partial charge in [0.05, 0.1) is 5.56 Å². The Morgan fingerprint density at radius 2 is 1.88 bits per heavy atom. The van der Waals surface area contributed by atoms with Gasteiger partial charge in [-0.2, -0.15) is 0 Å². The lowest BCUT2D eigenvalue weighted by Gasteiger charge is -2.04. The molecule has 2 nitrogen and oxygen atoms in total. The van der Waals surface area contributed by atoms with Gasteiger partial charge in [-0.05, 0) is 47.9 Å². The van der Waals surface area contributed by atoms with Crippen molar-refractivity contribution in [1.82, 2.24) is 0 Å². The Morgan fingerprint density at radius 3 is 2.53 bits per heavy atom. The van der Waals surface area contributed by atoms with Crippen molar-refractivity contribution in [2.45, 2.75) is 6.92 Å². The zero-order chi connectivity index (χ0) is 12.4. The molecule has 0 radical (unpaired) electrons. The van der Waals surface area contributed by atoms with E-state index in [0.29, 0.717) is 11.1 Å². The molecule has 0 amide bonds. The van der Waals surface area contributed by atoms with E-state index in [1.165, 1.54) is 24.3 Å². The third-order valence-electron chi connectivity index (χ3n) is 2.48. The summed E-state index contributed by atoms with van der Waals surface area (Å²) in [6, 6.07) is 11.1. The normalized spacial score (nSPS) is 10.2. The molecule has 17 heavy (non-hydrogen) atoms. The van der Waals surface area contributed by atoms with Crippen LogP contribution in [0.25, 0.3) is 11.1 Å². The van der Waals surface area contributed by atoms with Crippen LogP contribution in [0.2, 0.25) is 0 Å². The Balaban J connectivity index is 2.52. The quantitative estimate of drug-likeness (QED) is 0.857. The summed E-state index contributed by atoms with van der Waals surface area (Å²) in [5.74, 6) is -1.30. The van der Waals surface area contributed by atoms with E-state index in [-0.39, 0.29) is 11.4 Å². The van der Waals surface area contributed by atoms with Crippen LogP contribution in [-0.2, 0) is 0 Å². The van der Waals surface area contributed by atoms with E-state index in [9.17, 15) is 9.18 Å². The number of carboxylic acid groups (broad SMARTS) is 1. The van der Waals surface area contributed by atoms with Crippen LogP contribution >= 0.6 is 0 Å². The average Bonchev–Trinajstić information content (AvgIpc) is 2.28. The van der Waals surface area contributed by atoms with E-state index in [0.717, 1.165) is 5.56 Å². The smallest absolute Gasteiger partial charge is 0.335 e. The molecule has 3 heteroatoms. The summed E-state index contributed by atoms with van der Waals surface area (Å²) < 4.78 is 13.3. The van der Waals surface area contributed by atoms with E-state index < -0.39 is 5.97 Å². The minimum atomic E-state index is -0.986. The second-order valence-corrected chi connectivity index (χ2v) is 3.90. The fraction of sp³-hybridized carbons (Fsp3) is 0.0714. The number of carboxylic acids is 1. The predicted molar refractivity (Wildman–Crippen MR) is 63.5 cm³/mol. The summed E-state index contributed by atoms with van der Waals surface area (Å²) in [7, 11) is 0. The van der Waals surface area contributed by atoms with Crippen molar-refractivity contribution >= 4 is 5.97 Å². The first kappa shape index (κ1) is 11.3. The number of hydrogen-bond donors (Lipinski definition) is 1. The highest BCUT2D eigenvalue weighted by Crippen LogP contribution is 2.22. The van der Waals surface area contributed by atoms with Crippen LogP contribution in [0.3, 0.4) is 0 Å². The molecule has 0 spiro atoms. The van der Waals surface area contributed by atoms with E-state index in [1.54, 1.807) is 19.1 Å². The van der Waals surface area contributed by atoms with Crippen LogP contribution in [0.1, 0.15) is 15.9 Å². The molecule has 0 aliphatic rings. The molecule has 0 unspecified atom stereocenters. The molecule has 0 bridgehead atoms. The van der Waals surface area contributed by atoms with Crippen molar-refractivity contribution in [3.05, 3.63) is 59.4 Å². The van der Waals surface area contributed by atoms with Crippen molar-refractivity contribution < 1.29 is 14.3 Å².